The van der Waals surface area contributed by atoms with Crippen molar-refractivity contribution in [3.05, 3.63) is 102 Å². The van der Waals surface area contributed by atoms with Crippen molar-refractivity contribution in [3.63, 3.8) is 0 Å². The average molecular weight is 539 g/mol. The van der Waals surface area contributed by atoms with Gasteiger partial charge in [-0.05, 0) is 56.2 Å². The summed E-state index contributed by atoms with van der Waals surface area (Å²) in [6, 6.07) is 11.9. The maximum absolute atomic E-state index is 13.8. The minimum Gasteiger partial charge on any atom is -0.490 e. The van der Waals surface area contributed by atoms with Crippen molar-refractivity contribution in [2.75, 3.05) is 19.8 Å². The van der Waals surface area contributed by atoms with Crippen LogP contribution in [0.25, 0.3) is 6.08 Å². The molecule has 0 N–H and O–H groups in total. The van der Waals surface area contributed by atoms with Gasteiger partial charge in [0.05, 0.1) is 29.0 Å². The minimum absolute atomic E-state index is 0.198. The predicted octanol–water partition coefficient (Wildman–Crippen LogP) is 4.42. The summed E-state index contributed by atoms with van der Waals surface area (Å²) in [7, 11) is 0. The molecule has 0 radical (unpaired) electrons. The van der Waals surface area contributed by atoms with Gasteiger partial charge >= 0.3 is 5.97 Å². The van der Waals surface area contributed by atoms with Crippen LogP contribution in [0.3, 0.4) is 0 Å². The van der Waals surface area contributed by atoms with Gasteiger partial charge in [-0.2, -0.15) is 0 Å². The summed E-state index contributed by atoms with van der Waals surface area (Å²) < 4.78 is 18.7. The Balaban J connectivity index is 1.89. The fourth-order valence-corrected chi connectivity index (χ4v) is 5.37. The van der Waals surface area contributed by atoms with Gasteiger partial charge in [0.15, 0.2) is 16.3 Å². The van der Waals surface area contributed by atoms with Crippen molar-refractivity contribution < 1.29 is 19.0 Å². The van der Waals surface area contributed by atoms with Crippen molar-refractivity contribution in [1.29, 1.82) is 0 Å². The Kier molecular flexibility index (Phi) is 8.31. The summed E-state index contributed by atoms with van der Waals surface area (Å²) in [5.41, 5.74) is 1.87. The van der Waals surface area contributed by atoms with Crippen LogP contribution in [-0.4, -0.2) is 30.4 Å². The molecule has 192 valence electrons. The molecule has 0 amide bonds. The fraction of sp³-hybridized carbons (Fsp3) is 0.250. The molecule has 0 saturated heterocycles. The lowest BCUT2D eigenvalue weighted by Crippen LogP contribution is -2.40. The average Bonchev–Trinajstić information content (AvgIpc) is 3.17. The molecule has 4 rings (SSSR count). The SMILES string of the molecule is C=CCOc1ccc(/C=c2\sc3n(c2=O)C(c2ccccc2Cl)C(C(=O)OCC)=C(C)N=3)cc1OCC. The smallest absolute Gasteiger partial charge is 0.338 e. The summed E-state index contributed by atoms with van der Waals surface area (Å²) in [6.07, 6.45) is 3.43. The largest absolute Gasteiger partial charge is 0.490 e. The van der Waals surface area contributed by atoms with Crippen LogP contribution in [0, 0.1) is 0 Å². The first-order chi connectivity index (χ1) is 17.9. The second-order valence-corrected chi connectivity index (χ2v) is 9.48. The van der Waals surface area contributed by atoms with Crippen LogP contribution in [0.2, 0.25) is 5.02 Å². The summed E-state index contributed by atoms with van der Waals surface area (Å²) in [6.45, 7) is 10.0. The molecule has 0 spiro atoms. The molecule has 0 saturated carbocycles. The molecule has 1 aliphatic rings. The number of aromatic nitrogens is 1. The lowest BCUT2D eigenvalue weighted by Gasteiger charge is -2.25. The van der Waals surface area contributed by atoms with E-state index in [9.17, 15) is 9.59 Å². The molecule has 9 heteroatoms. The molecule has 0 fully saturated rings. The summed E-state index contributed by atoms with van der Waals surface area (Å²) in [5.74, 6) is 0.633. The number of esters is 1. The van der Waals surface area contributed by atoms with E-state index in [2.05, 4.69) is 11.6 Å². The number of carbonyl (C=O) groups is 1. The molecular weight excluding hydrogens is 512 g/mol. The van der Waals surface area contributed by atoms with Crippen molar-refractivity contribution in [1.82, 2.24) is 4.57 Å². The Hall–Kier alpha value is -3.62. The molecule has 2 heterocycles. The van der Waals surface area contributed by atoms with E-state index in [4.69, 9.17) is 25.8 Å². The number of hydrogen-bond acceptors (Lipinski definition) is 7. The summed E-state index contributed by atoms with van der Waals surface area (Å²) in [4.78, 5) is 31.8. The van der Waals surface area contributed by atoms with Crippen molar-refractivity contribution >= 4 is 35.0 Å². The fourth-order valence-electron chi connectivity index (χ4n) is 4.08. The Morgan fingerprint density at radius 2 is 1.95 bits per heavy atom. The lowest BCUT2D eigenvalue weighted by molar-refractivity contribution is -0.139. The highest BCUT2D eigenvalue weighted by molar-refractivity contribution is 7.07. The second kappa shape index (κ2) is 11.6. The van der Waals surface area contributed by atoms with E-state index >= 15 is 0 Å². The van der Waals surface area contributed by atoms with E-state index in [1.54, 1.807) is 50.3 Å². The van der Waals surface area contributed by atoms with E-state index in [0.29, 0.717) is 50.3 Å². The molecule has 7 nitrogen and oxygen atoms in total. The van der Waals surface area contributed by atoms with Crippen LogP contribution >= 0.6 is 22.9 Å². The molecule has 1 aliphatic heterocycles. The monoisotopic (exact) mass is 538 g/mol. The van der Waals surface area contributed by atoms with Gasteiger partial charge in [-0.15, -0.1) is 0 Å². The number of nitrogens with zero attached hydrogens (tertiary/aromatic N) is 2. The molecule has 0 aliphatic carbocycles. The molecule has 1 aromatic heterocycles. The normalized spacial score (nSPS) is 15.1. The van der Waals surface area contributed by atoms with Gasteiger partial charge in [-0.3, -0.25) is 9.36 Å². The van der Waals surface area contributed by atoms with Crippen LogP contribution in [0.5, 0.6) is 11.5 Å². The van der Waals surface area contributed by atoms with Gasteiger partial charge in [0, 0.05) is 5.02 Å². The molecule has 3 aromatic rings. The number of rotatable bonds is 9. The molecule has 2 aromatic carbocycles. The Morgan fingerprint density at radius 1 is 1.16 bits per heavy atom. The Bertz CT molecular complexity index is 1550. The van der Waals surface area contributed by atoms with E-state index < -0.39 is 12.0 Å². The first kappa shape index (κ1) is 26.4. The molecule has 1 unspecified atom stereocenters. The standard InChI is InChI=1S/C28H27ClN2O5S/c1-5-14-36-21-13-12-18(15-22(21)34-6-2)16-23-26(32)31-25(19-10-8-9-11-20(19)29)24(27(33)35-7-3)17(4)30-28(31)37-23/h5,8-13,15-16,25H,1,6-7,14H2,2-4H3/b23-16-. The highest BCUT2D eigenvalue weighted by atomic mass is 35.5. The third-order valence-corrected chi connectivity index (χ3v) is 6.97. The maximum atomic E-state index is 13.8. The van der Waals surface area contributed by atoms with E-state index in [1.807, 2.05) is 25.1 Å². The van der Waals surface area contributed by atoms with E-state index in [1.165, 1.54) is 15.9 Å². The van der Waals surface area contributed by atoms with Crippen molar-refractivity contribution in [3.8, 4) is 11.5 Å². The van der Waals surface area contributed by atoms with Gasteiger partial charge < -0.3 is 14.2 Å². The first-order valence-electron chi connectivity index (χ1n) is 11.8. The second-order valence-electron chi connectivity index (χ2n) is 8.06. The zero-order valence-corrected chi connectivity index (χ0v) is 22.4. The van der Waals surface area contributed by atoms with Crippen molar-refractivity contribution in [2.24, 2.45) is 4.99 Å². The number of fused-ring (bicyclic) bond motifs is 1. The summed E-state index contributed by atoms with van der Waals surface area (Å²) in [5, 5.41) is 0.440. The number of benzene rings is 2. The highest BCUT2D eigenvalue weighted by Gasteiger charge is 2.34. The first-order valence-corrected chi connectivity index (χ1v) is 13.0. The Labute approximate surface area is 223 Å². The van der Waals surface area contributed by atoms with Gasteiger partial charge in [0.1, 0.15) is 12.6 Å². The number of allylic oxidation sites excluding steroid dienone is 1. The van der Waals surface area contributed by atoms with E-state index in [0.717, 1.165) is 5.56 Å². The van der Waals surface area contributed by atoms with Gasteiger partial charge in [-0.25, -0.2) is 9.79 Å². The third-order valence-electron chi connectivity index (χ3n) is 5.64. The minimum atomic E-state index is -0.764. The third kappa shape index (κ3) is 5.40. The van der Waals surface area contributed by atoms with Crippen LogP contribution in [-0.2, 0) is 9.53 Å². The predicted molar refractivity (Wildman–Crippen MR) is 145 cm³/mol. The van der Waals surface area contributed by atoms with E-state index in [-0.39, 0.29) is 17.7 Å². The quantitative estimate of drug-likeness (QED) is 0.298. The van der Waals surface area contributed by atoms with Gasteiger partial charge in [0.2, 0.25) is 0 Å². The van der Waals surface area contributed by atoms with Gasteiger partial charge in [0.25, 0.3) is 5.56 Å². The molecule has 37 heavy (non-hydrogen) atoms. The van der Waals surface area contributed by atoms with Gasteiger partial charge in [-0.1, -0.05) is 59.9 Å². The number of ether oxygens (including phenoxy) is 3. The number of halogens is 1. The Morgan fingerprint density at radius 3 is 2.65 bits per heavy atom. The number of thiazole rings is 1. The van der Waals surface area contributed by atoms with Crippen LogP contribution in [0.15, 0.2) is 76.2 Å². The zero-order chi connectivity index (χ0) is 26.5. The van der Waals surface area contributed by atoms with Crippen LogP contribution in [0.4, 0.5) is 0 Å². The maximum Gasteiger partial charge on any atom is 0.338 e. The number of carbonyl (C=O) groups excluding carboxylic acids is 1. The highest BCUT2D eigenvalue weighted by Crippen LogP contribution is 2.34. The molecule has 1 atom stereocenters. The molecular formula is C28H27ClN2O5S. The van der Waals surface area contributed by atoms with Crippen LogP contribution < -0.4 is 24.4 Å². The summed E-state index contributed by atoms with van der Waals surface area (Å²) >= 11 is 7.79. The topological polar surface area (TPSA) is 79.1 Å². The van der Waals surface area contributed by atoms with Crippen molar-refractivity contribution in [2.45, 2.75) is 26.8 Å². The lowest BCUT2D eigenvalue weighted by atomic mass is 9.96. The zero-order valence-electron chi connectivity index (χ0n) is 20.8. The van der Waals surface area contributed by atoms with Crippen LogP contribution in [0.1, 0.15) is 37.9 Å². The molecule has 0 bridgehead atoms. The number of hydrogen-bond donors (Lipinski definition) is 0.